The van der Waals surface area contributed by atoms with Crippen molar-refractivity contribution in [1.82, 2.24) is 4.98 Å². The molecule has 0 aliphatic carbocycles. The molecule has 2 rings (SSSR count). The molecule has 0 saturated carbocycles. The second-order valence-corrected chi connectivity index (χ2v) is 5.61. The molecule has 0 aliphatic rings. The van der Waals surface area contributed by atoms with Crippen molar-refractivity contribution in [3.05, 3.63) is 41.0 Å². The summed E-state index contributed by atoms with van der Waals surface area (Å²) in [5.74, 6) is 0. The second kappa shape index (κ2) is 4.60. The van der Waals surface area contributed by atoms with Crippen molar-refractivity contribution in [2.45, 2.75) is 6.61 Å². The Morgan fingerprint density at radius 1 is 1.35 bits per heavy atom. The third-order valence-corrected chi connectivity index (χ3v) is 3.16. The van der Waals surface area contributed by atoms with Crippen LogP contribution in [0.1, 0.15) is 5.56 Å². The van der Waals surface area contributed by atoms with Gasteiger partial charge in [0.25, 0.3) is 10.1 Å². The van der Waals surface area contributed by atoms with E-state index >= 15 is 0 Å². The minimum absolute atomic E-state index is 0.0826. The van der Waals surface area contributed by atoms with E-state index in [9.17, 15) is 8.42 Å². The lowest BCUT2D eigenvalue weighted by atomic mass is 10.1. The van der Waals surface area contributed by atoms with Crippen molar-refractivity contribution in [3.8, 4) is 0 Å². The van der Waals surface area contributed by atoms with Crippen LogP contribution in [-0.2, 0) is 20.9 Å². The number of rotatable bonds is 3. The summed E-state index contributed by atoms with van der Waals surface area (Å²) in [5.41, 5.74) is 1.38. The van der Waals surface area contributed by atoms with Gasteiger partial charge in [-0.3, -0.25) is 9.17 Å². The molecular weight excluding hydrogens is 262 g/mol. The van der Waals surface area contributed by atoms with E-state index in [1.165, 1.54) is 0 Å². The molecule has 0 fully saturated rings. The van der Waals surface area contributed by atoms with Crippen molar-refractivity contribution in [2.24, 2.45) is 0 Å². The fourth-order valence-corrected chi connectivity index (χ4v) is 2.05. The van der Waals surface area contributed by atoms with Gasteiger partial charge in [-0.05, 0) is 18.2 Å². The van der Waals surface area contributed by atoms with Gasteiger partial charge in [0, 0.05) is 22.2 Å². The minimum Gasteiger partial charge on any atom is -0.265 e. The Morgan fingerprint density at radius 2 is 2.12 bits per heavy atom. The first kappa shape index (κ1) is 12.3. The standard InChI is InChI=1S/C11H10ClNO3S/c1-17(14,15)16-7-9-8-3-2-6-13-11(8)5-4-10(9)12/h2-6H,7H2,1H3. The average molecular weight is 272 g/mol. The van der Waals surface area contributed by atoms with Gasteiger partial charge in [0.15, 0.2) is 0 Å². The van der Waals surface area contributed by atoms with Crippen molar-refractivity contribution in [3.63, 3.8) is 0 Å². The lowest BCUT2D eigenvalue weighted by Gasteiger charge is -2.07. The van der Waals surface area contributed by atoms with Crippen LogP contribution in [0.2, 0.25) is 5.02 Å². The summed E-state index contributed by atoms with van der Waals surface area (Å²) in [5, 5.41) is 1.26. The van der Waals surface area contributed by atoms with Crippen LogP contribution >= 0.6 is 11.6 Å². The van der Waals surface area contributed by atoms with Crippen LogP contribution in [0.4, 0.5) is 0 Å². The average Bonchev–Trinajstić information content (AvgIpc) is 2.26. The zero-order valence-corrected chi connectivity index (χ0v) is 10.6. The lowest BCUT2D eigenvalue weighted by molar-refractivity contribution is 0.313. The van der Waals surface area contributed by atoms with E-state index in [2.05, 4.69) is 4.98 Å². The number of halogens is 1. The zero-order chi connectivity index (χ0) is 12.5. The van der Waals surface area contributed by atoms with Crippen molar-refractivity contribution in [2.75, 3.05) is 6.26 Å². The van der Waals surface area contributed by atoms with Gasteiger partial charge < -0.3 is 0 Å². The lowest BCUT2D eigenvalue weighted by Crippen LogP contribution is -2.03. The largest absolute Gasteiger partial charge is 0.265 e. The van der Waals surface area contributed by atoms with Crippen LogP contribution in [0.15, 0.2) is 30.5 Å². The monoisotopic (exact) mass is 271 g/mol. The third kappa shape index (κ3) is 2.94. The van der Waals surface area contributed by atoms with Crippen LogP contribution in [-0.4, -0.2) is 19.7 Å². The van der Waals surface area contributed by atoms with Gasteiger partial charge in [0.1, 0.15) is 0 Å². The SMILES string of the molecule is CS(=O)(=O)OCc1c(Cl)ccc2ncccc12. The van der Waals surface area contributed by atoms with E-state index < -0.39 is 10.1 Å². The molecule has 0 aliphatic heterocycles. The topological polar surface area (TPSA) is 56.3 Å². The van der Waals surface area contributed by atoms with Crippen LogP contribution in [0, 0.1) is 0 Å². The molecule has 0 spiro atoms. The smallest absolute Gasteiger partial charge is 0.264 e. The summed E-state index contributed by atoms with van der Waals surface area (Å²) in [6, 6.07) is 7.05. The van der Waals surface area contributed by atoms with Gasteiger partial charge >= 0.3 is 0 Å². The van der Waals surface area contributed by atoms with Gasteiger partial charge in [-0.2, -0.15) is 8.42 Å². The molecule has 0 bridgehead atoms. The van der Waals surface area contributed by atoms with E-state index in [4.69, 9.17) is 15.8 Å². The highest BCUT2D eigenvalue weighted by molar-refractivity contribution is 7.85. The Kier molecular flexibility index (Phi) is 3.33. The van der Waals surface area contributed by atoms with Crippen LogP contribution < -0.4 is 0 Å². The van der Waals surface area contributed by atoms with Gasteiger partial charge in [-0.15, -0.1) is 0 Å². The molecule has 0 amide bonds. The van der Waals surface area contributed by atoms with Crippen molar-refractivity contribution in [1.29, 1.82) is 0 Å². The highest BCUT2D eigenvalue weighted by Crippen LogP contribution is 2.25. The highest BCUT2D eigenvalue weighted by Gasteiger charge is 2.10. The summed E-state index contributed by atoms with van der Waals surface area (Å²) in [6.45, 7) is -0.0826. The van der Waals surface area contributed by atoms with Gasteiger partial charge in [0.05, 0.1) is 18.4 Å². The van der Waals surface area contributed by atoms with Gasteiger partial charge in [0.2, 0.25) is 0 Å². The molecule has 0 radical (unpaired) electrons. The summed E-state index contributed by atoms with van der Waals surface area (Å²) >= 11 is 6.03. The maximum absolute atomic E-state index is 11.0. The Morgan fingerprint density at radius 3 is 2.82 bits per heavy atom. The minimum atomic E-state index is -3.49. The van der Waals surface area contributed by atoms with Gasteiger partial charge in [-0.1, -0.05) is 17.7 Å². The number of fused-ring (bicyclic) bond motifs is 1. The summed E-state index contributed by atoms with van der Waals surface area (Å²) in [4.78, 5) is 4.16. The third-order valence-electron chi connectivity index (χ3n) is 2.26. The number of nitrogens with zero attached hydrogens (tertiary/aromatic N) is 1. The molecule has 4 nitrogen and oxygen atoms in total. The summed E-state index contributed by atoms with van der Waals surface area (Å²) in [6.07, 6.45) is 2.67. The summed E-state index contributed by atoms with van der Waals surface area (Å²) in [7, 11) is -3.49. The zero-order valence-electron chi connectivity index (χ0n) is 9.05. The van der Waals surface area contributed by atoms with Gasteiger partial charge in [-0.25, -0.2) is 0 Å². The van der Waals surface area contributed by atoms with Crippen LogP contribution in [0.3, 0.4) is 0 Å². The molecule has 17 heavy (non-hydrogen) atoms. The fourth-order valence-electron chi connectivity index (χ4n) is 1.50. The Hall–Kier alpha value is -1.17. The van der Waals surface area contributed by atoms with E-state index in [0.29, 0.717) is 10.6 Å². The molecule has 0 unspecified atom stereocenters. The molecule has 1 heterocycles. The number of pyridine rings is 1. The fraction of sp³-hybridized carbons (Fsp3) is 0.182. The first-order valence-electron chi connectivity index (χ1n) is 4.84. The Labute approximate surface area is 104 Å². The molecule has 90 valence electrons. The summed E-state index contributed by atoms with van der Waals surface area (Å²) < 4.78 is 26.7. The first-order valence-corrected chi connectivity index (χ1v) is 7.03. The first-order chi connectivity index (χ1) is 7.97. The number of benzene rings is 1. The predicted molar refractivity (Wildman–Crippen MR) is 66.4 cm³/mol. The predicted octanol–water partition coefficient (Wildman–Crippen LogP) is 2.36. The Balaban J connectivity index is 2.48. The Bertz CT molecular complexity index is 655. The maximum atomic E-state index is 11.0. The quantitative estimate of drug-likeness (QED) is 0.804. The van der Waals surface area contributed by atoms with Crippen LogP contribution in [0.25, 0.3) is 10.9 Å². The second-order valence-electron chi connectivity index (χ2n) is 3.56. The number of hydrogen-bond acceptors (Lipinski definition) is 4. The highest BCUT2D eigenvalue weighted by atomic mass is 35.5. The number of aromatic nitrogens is 1. The number of hydrogen-bond donors (Lipinski definition) is 0. The molecule has 0 saturated heterocycles. The normalized spacial score (nSPS) is 11.9. The van der Waals surface area contributed by atoms with E-state index in [0.717, 1.165) is 17.2 Å². The molecule has 2 aromatic rings. The molecule has 0 N–H and O–H groups in total. The maximum Gasteiger partial charge on any atom is 0.264 e. The molecular formula is C11H10ClNO3S. The molecule has 6 heteroatoms. The van der Waals surface area contributed by atoms with E-state index in [-0.39, 0.29) is 6.61 Å². The van der Waals surface area contributed by atoms with Crippen LogP contribution in [0.5, 0.6) is 0 Å². The van der Waals surface area contributed by atoms with Crippen molar-refractivity contribution >= 4 is 32.6 Å². The van der Waals surface area contributed by atoms with E-state index in [1.807, 2.05) is 6.07 Å². The molecule has 0 atom stereocenters. The molecule has 1 aromatic heterocycles. The van der Waals surface area contributed by atoms with Crippen molar-refractivity contribution < 1.29 is 12.6 Å². The van der Waals surface area contributed by atoms with E-state index in [1.54, 1.807) is 24.4 Å². The molecule has 1 aromatic carbocycles.